The van der Waals surface area contributed by atoms with Crippen LogP contribution in [0.4, 0.5) is 4.39 Å². The first-order valence-electron chi connectivity index (χ1n) is 7.15. The zero-order valence-electron chi connectivity index (χ0n) is 12.5. The molecule has 1 atom stereocenters. The molecule has 1 aromatic carbocycles. The van der Waals surface area contributed by atoms with Crippen molar-refractivity contribution in [3.63, 3.8) is 0 Å². The number of aryl methyl sites for hydroxylation is 1. The largest absolute Gasteiger partial charge is 0.379 e. The molecule has 0 aliphatic rings. The number of hydrogen-bond donors (Lipinski definition) is 1. The van der Waals surface area contributed by atoms with E-state index in [4.69, 9.17) is 4.74 Å². The number of halogens is 1. The van der Waals surface area contributed by atoms with Gasteiger partial charge in [0.05, 0.1) is 6.10 Å². The molecule has 0 heterocycles. The Balaban J connectivity index is 2.68. The van der Waals surface area contributed by atoms with Crippen molar-refractivity contribution >= 4 is 0 Å². The van der Waals surface area contributed by atoms with Gasteiger partial charge in [0.15, 0.2) is 0 Å². The van der Waals surface area contributed by atoms with E-state index in [0.29, 0.717) is 12.2 Å². The molecule has 0 spiro atoms. The summed E-state index contributed by atoms with van der Waals surface area (Å²) in [7, 11) is 0. The van der Waals surface area contributed by atoms with E-state index < -0.39 is 0 Å². The Labute approximate surface area is 116 Å². The van der Waals surface area contributed by atoms with Crippen LogP contribution in [0, 0.1) is 12.7 Å². The molecule has 108 valence electrons. The Morgan fingerprint density at radius 3 is 2.63 bits per heavy atom. The van der Waals surface area contributed by atoms with Crippen LogP contribution < -0.4 is 5.32 Å². The van der Waals surface area contributed by atoms with Gasteiger partial charge in [-0.3, -0.25) is 0 Å². The van der Waals surface area contributed by atoms with Crippen LogP contribution in [0.3, 0.4) is 0 Å². The Hall–Kier alpha value is -0.930. The van der Waals surface area contributed by atoms with Gasteiger partial charge in [-0.1, -0.05) is 19.1 Å². The molecule has 1 aromatic rings. The summed E-state index contributed by atoms with van der Waals surface area (Å²) >= 11 is 0. The van der Waals surface area contributed by atoms with Gasteiger partial charge in [0, 0.05) is 12.6 Å². The lowest BCUT2D eigenvalue weighted by Gasteiger charge is -2.20. The fraction of sp³-hybridized carbons (Fsp3) is 0.625. The second-order valence-electron chi connectivity index (χ2n) is 5.22. The Morgan fingerprint density at radius 2 is 2.05 bits per heavy atom. The molecule has 0 amide bonds. The van der Waals surface area contributed by atoms with E-state index in [-0.39, 0.29) is 18.0 Å². The van der Waals surface area contributed by atoms with Crippen LogP contribution in [0.2, 0.25) is 0 Å². The van der Waals surface area contributed by atoms with Gasteiger partial charge in [-0.05, 0) is 57.4 Å². The molecule has 0 aromatic heterocycles. The SMILES string of the molecule is CCCNC(CCOC(C)C)c1ccc(C)c(F)c1. The van der Waals surface area contributed by atoms with Crippen LogP contribution in [-0.4, -0.2) is 19.3 Å². The minimum Gasteiger partial charge on any atom is -0.379 e. The van der Waals surface area contributed by atoms with Crippen molar-refractivity contribution in [3.8, 4) is 0 Å². The summed E-state index contributed by atoms with van der Waals surface area (Å²) in [6, 6.07) is 5.64. The second kappa shape index (κ2) is 8.28. The highest BCUT2D eigenvalue weighted by atomic mass is 19.1. The van der Waals surface area contributed by atoms with E-state index >= 15 is 0 Å². The molecule has 3 heteroatoms. The van der Waals surface area contributed by atoms with E-state index in [1.165, 1.54) is 0 Å². The molecular formula is C16H26FNO. The number of rotatable bonds is 8. The first kappa shape index (κ1) is 16.1. The topological polar surface area (TPSA) is 21.3 Å². The fourth-order valence-electron chi connectivity index (χ4n) is 1.95. The highest BCUT2D eigenvalue weighted by Gasteiger charge is 2.12. The lowest BCUT2D eigenvalue weighted by molar-refractivity contribution is 0.0714. The van der Waals surface area contributed by atoms with Gasteiger partial charge in [0.2, 0.25) is 0 Å². The van der Waals surface area contributed by atoms with Gasteiger partial charge < -0.3 is 10.1 Å². The Bertz CT molecular complexity index is 379. The molecular weight excluding hydrogens is 241 g/mol. The van der Waals surface area contributed by atoms with Crippen molar-refractivity contribution in [2.75, 3.05) is 13.2 Å². The molecule has 0 saturated heterocycles. The van der Waals surface area contributed by atoms with Crippen LogP contribution in [0.1, 0.15) is 50.8 Å². The molecule has 0 radical (unpaired) electrons. The third kappa shape index (κ3) is 5.70. The summed E-state index contributed by atoms with van der Waals surface area (Å²) in [6.07, 6.45) is 2.16. The van der Waals surface area contributed by atoms with Crippen molar-refractivity contribution in [3.05, 3.63) is 35.1 Å². The van der Waals surface area contributed by atoms with E-state index in [1.807, 2.05) is 26.0 Å². The number of benzene rings is 1. The van der Waals surface area contributed by atoms with Crippen LogP contribution in [0.15, 0.2) is 18.2 Å². The highest BCUT2D eigenvalue weighted by Crippen LogP contribution is 2.20. The molecule has 0 bridgehead atoms. The van der Waals surface area contributed by atoms with Crippen molar-refractivity contribution in [2.45, 2.75) is 52.7 Å². The van der Waals surface area contributed by atoms with E-state index in [2.05, 4.69) is 12.2 Å². The zero-order valence-corrected chi connectivity index (χ0v) is 12.5. The van der Waals surface area contributed by atoms with Gasteiger partial charge in [-0.15, -0.1) is 0 Å². The number of nitrogens with one attached hydrogen (secondary N) is 1. The van der Waals surface area contributed by atoms with Gasteiger partial charge in [0.1, 0.15) is 5.82 Å². The standard InChI is InChI=1S/C16H26FNO/c1-5-9-18-16(8-10-19-12(2)3)14-7-6-13(4)15(17)11-14/h6-7,11-12,16,18H,5,8-10H2,1-4H3. The Morgan fingerprint density at radius 1 is 1.32 bits per heavy atom. The minimum atomic E-state index is -0.134. The summed E-state index contributed by atoms with van der Waals surface area (Å²) in [5.74, 6) is -0.134. The summed E-state index contributed by atoms with van der Waals surface area (Å²) in [5, 5.41) is 3.46. The van der Waals surface area contributed by atoms with Crippen LogP contribution >= 0.6 is 0 Å². The van der Waals surface area contributed by atoms with Crippen LogP contribution in [0.25, 0.3) is 0 Å². The molecule has 0 aliphatic heterocycles. The maximum Gasteiger partial charge on any atom is 0.126 e. The number of ether oxygens (including phenoxy) is 1. The predicted octanol–water partition coefficient (Wildman–Crippen LogP) is 3.99. The van der Waals surface area contributed by atoms with Gasteiger partial charge in [-0.25, -0.2) is 4.39 Å². The first-order chi connectivity index (χ1) is 9.04. The van der Waals surface area contributed by atoms with Crippen LogP contribution in [-0.2, 0) is 4.74 Å². The van der Waals surface area contributed by atoms with Crippen molar-refractivity contribution in [1.82, 2.24) is 5.32 Å². The van der Waals surface area contributed by atoms with Crippen molar-refractivity contribution < 1.29 is 9.13 Å². The first-order valence-corrected chi connectivity index (χ1v) is 7.15. The normalized spacial score (nSPS) is 12.9. The molecule has 19 heavy (non-hydrogen) atoms. The summed E-state index contributed by atoms with van der Waals surface area (Å²) in [6.45, 7) is 9.59. The zero-order chi connectivity index (χ0) is 14.3. The molecule has 0 saturated carbocycles. The minimum absolute atomic E-state index is 0.134. The average Bonchev–Trinajstić information content (AvgIpc) is 2.36. The monoisotopic (exact) mass is 267 g/mol. The molecule has 0 aliphatic carbocycles. The quantitative estimate of drug-likeness (QED) is 0.769. The van der Waals surface area contributed by atoms with Crippen molar-refractivity contribution in [2.24, 2.45) is 0 Å². The summed E-state index contributed by atoms with van der Waals surface area (Å²) < 4.78 is 19.2. The second-order valence-corrected chi connectivity index (χ2v) is 5.22. The van der Waals surface area contributed by atoms with Gasteiger partial charge >= 0.3 is 0 Å². The van der Waals surface area contributed by atoms with Gasteiger partial charge in [0.25, 0.3) is 0 Å². The maximum atomic E-state index is 13.7. The van der Waals surface area contributed by atoms with E-state index in [1.54, 1.807) is 13.0 Å². The van der Waals surface area contributed by atoms with Crippen LogP contribution in [0.5, 0.6) is 0 Å². The third-order valence-corrected chi connectivity index (χ3v) is 3.10. The molecule has 1 unspecified atom stereocenters. The predicted molar refractivity (Wildman–Crippen MR) is 77.9 cm³/mol. The molecule has 2 nitrogen and oxygen atoms in total. The van der Waals surface area contributed by atoms with Crippen molar-refractivity contribution in [1.29, 1.82) is 0 Å². The lowest BCUT2D eigenvalue weighted by Crippen LogP contribution is -2.24. The molecule has 1 N–H and O–H groups in total. The highest BCUT2D eigenvalue weighted by molar-refractivity contribution is 5.25. The van der Waals surface area contributed by atoms with E-state index in [0.717, 1.165) is 24.9 Å². The summed E-state index contributed by atoms with van der Waals surface area (Å²) in [4.78, 5) is 0. The fourth-order valence-corrected chi connectivity index (χ4v) is 1.95. The average molecular weight is 267 g/mol. The molecule has 1 rings (SSSR count). The smallest absolute Gasteiger partial charge is 0.126 e. The Kier molecular flexibility index (Phi) is 7.03. The maximum absolute atomic E-state index is 13.7. The van der Waals surface area contributed by atoms with E-state index in [9.17, 15) is 4.39 Å². The summed E-state index contributed by atoms with van der Waals surface area (Å²) in [5.41, 5.74) is 1.69. The lowest BCUT2D eigenvalue weighted by atomic mass is 10.0. The van der Waals surface area contributed by atoms with Gasteiger partial charge in [-0.2, -0.15) is 0 Å². The molecule has 0 fully saturated rings. The number of hydrogen-bond acceptors (Lipinski definition) is 2. The third-order valence-electron chi connectivity index (χ3n) is 3.10.